The van der Waals surface area contributed by atoms with Crippen LogP contribution in [0.15, 0.2) is 42.7 Å². The van der Waals surface area contributed by atoms with Crippen LogP contribution in [0.4, 0.5) is 0 Å². The summed E-state index contributed by atoms with van der Waals surface area (Å²) in [7, 11) is 1.61. The highest BCUT2D eigenvalue weighted by molar-refractivity contribution is 6.01. The van der Waals surface area contributed by atoms with Crippen LogP contribution in [-0.4, -0.2) is 34.0 Å². The molecule has 7 heteroatoms. The summed E-state index contributed by atoms with van der Waals surface area (Å²) >= 11 is 0. The number of ether oxygens (including phenoxy) is 1. The Morgan fingerprint density at radius 1 is 1.32 bits per heavy atom. The largest absolute Gasteiger partial charge is 0.497 e. The Morgan fingerprint density at radius 2 is 2.18 bits per heavy atom. The fourth-order valence-electron chi connectivity index (χ4n) is 3.41. The molecule has 0 unspecified atom stereocenters. The van der Waals surface area contributed by atoms with Crippen molar-refractivity contribution in [2.45, 2.75) is 20.0 Å². The smallest absolute Gasteiger partial charge is 0.251 e. The van der Waals surface area contributed by atoms with Gasteiger partial charge in [-0.25, -0.2) is 0 Å². The van der Waals surface area contributed by atoms with Crippen LogP contribution in [0.2, 0.25) is 0 Å². The second kappa shape index (κ2) is 7.19. The van der Waals surface area contributed by atoms with E-state index >= 15 is 0 Å². The van der Waals surface area contributed by atoms with E-state index in [0.717, 1.165) is 28.0 Å². The van der Waals surface area contributed by atoms with Crippen molar-refractivity contribution in [3.63, 3.8) is 0 Å². The molecule has 0 spiro atoms. The number of carbonyl (C=O) groups is 2. The molecule has 0 fully saturated rings. The molecule has 0 saturated carbocycles. The Kier molecular flexibility index (Phi) is 4.57. The predicted octanol–water partition coefficient (Wildman–Crippen LogP) is 2.79. The highest BCUT2D eigenvalue weighted by atomic mass is 16.5. The van der Waals surface area contributed by atoms with Gasteiger partial charge in [0.1, 0.15) is 5.75 Å². The number of amides is 2. The number of H-pyrrole nitrogens is 1. The number of methoxy groups -OCH3 is 1. The summed E-state index contributed by atoms with van der Waals surface area (Å²) in [5.74, 6) is 0.460. The molecular weight excluding hydrogens is 356 g/mol. The van der Waals surface area contributed by atoms with Crippen LogP contribution in [0, 0.1) is 0 Å². The minimum Gasteiger partial charge on any atom is -0.497 e. The topological polar surface area (TPSA) is 87.3 Å². The van der Waals surface area contributed by atoms with Crippen molar-refractivity contribution in [1.29, 1.82) is 0 Å². The molecule has 1 aromatic rings. The predicted molar refractivity (Wildman–Crippen MR) is 105 cm³/mol. The number of aromatic nitrogens is 2. The van der Waals surface area contributed by atoms with Gasteiger partial charge in [0.05, 0.1) is 19.3 Å². The van der Waals surface area contributed by atoms with E-state index in [1.807, 2.05) is 30.3 Å². The molecule has 0 radical (unpaired) electrons. The lowest BCUT2D eigenvalue weighted by Crippen LogP contribution is -2.26. The second-order valence-electron chi connectivity index (χ2n) is 6.63. The maximum atomic E-state index is 12.9. The summed E-state index contributed by atoms with van der Waals surface area (Å²) in [5, 5.41) is 10.1. The van der Waals surface area contributed by atoms with Crippen molar-refractivity contribution in [1.82, 2.24) is 20.4 Å². The average molecular weight is 376 g/mol. The molecular formula is C21H20N4O3. The normalized spacial score (nSPS) is 12.7. The number of hydrogen-bond acceptors (Lipinski definition) is 4. The maximum absolute atomic E-state index is 12.9. The standard InChI is InChI=1S/C21H20N4O3/c1-13(26)25-7-6-19-20-15(11-23-24-19)9-17(18(20)12-25)21(27)22-10-14-4-3-5-16(8-14)28-2/h3-9,11,23H,10,12H2,1-2H3,(H,22,27). The molecule has 2 N–H and O–H groups in total. The van der Waals surface area contributed by atoms with E-state index in [-0.39, 0.29) is 11.8 Å². The monoisotopic (exact) mass is 376 g/mol. The Morgan fingerprint density at radius 3 is 2.96 bits per heavy atom. The van der Waals surface area contributed by atoms with Gasteiger partial charge in [0.15, 0.2) is 0 Å². The van der Waals surface area contributed by atoms with Crippen molar-refractivity contribution in [3.05, 3.63) is 65.1 Å². The SMILES string of the molecule is COc1cccc(CNC(=O)c2cc3c[nH]nc4c-3c2CN(C(C)=O)C=C4)c1. The third-order valence-corrected chi connectivity index (χ3v) is 4.85. The number of hydrogen-bond donors (Lipinski definition) is 2. The molecule has 4 rings (SSSR count). The van der Waals surface area contributed by atoms with Crippen molar-refractivity contribution in [3.8, 4) is 16.9 Å². The molecule has 1 aliphatic carbocycles. The van der Waals surface area contributed by atoms with E-state index in [4.69, 9.17) is 4.74 Å². The quantitative estimate of drug-likeness (QED) is 0.733. The van der Waals surface area contributed by atoms with E-state index in [0.29, 0.717) is 24.3 Å². The van der Waals surface area contributed by atoms with Crippen LogP contribution in [0.5, 0.6) is 5.75 Å². The van der Waals surface area contributed by atoms with Gasteiger partial charge in [-0.15, -0.1) is 0 Å². The van der Waals surface area contributed by atoms with Crippen molar-refractivity contribution >= 4 is 17.9 Å². The van der Waals surface area contributed by atoms with Gasteiger partial charge in [-0.1, -0.05) is 12.1 Å². The van der Waals surface area contributed by atoms with Crippen LogP contribution in [0.3, 0.4) is 0 Å². The first-order valence-corrected chi connectivity index (χ1v) is 8.92. The molecule has 0 aromatic heterocycles. The zero-order valence-corrected chi connectivity index (χ0v) is 15.7. The van der Waals surface area contributed by atoms with E-state index < -0.39 is 0 Å². The second-order valence-corrected chi connectivity index (χ2v) is 6.63. The van der Waals surface area contributed by atoms with E-state index in [2.05, 4.69) is 15.5 Å². The fraction of sp³-hybridized carbons (Fsp3) is 0.190. The Balaban J connectivity index is 1.65. The molecule has 1 aromatic carbocycles. The summed E-state index contributed by atoms with van der Waals surface area (Å²) in [6.45, 7) is 2.21. The van der Waals surface area contributed by atoms with Crippen molar-refractivity contribution in [2.24, 2.45) is 0 Å². The molecule has 2 amide bonds. The van der Waals surface area contributed by atoms with Gasteiger partial charge in [-0.05, 0) is 35.4 Å². The first kappa shape index (κ1) is 17.8. The molecule has 2 aliphatic heterocycles. The lowest BCUT2D eigenvalue weighted by Gasteiger charge is -2.16. The number of carbonyl (C=O) groups excluding carboxylic acids is 2. The summed E-state index contributed by atoms with van der Waals surface area (Å²) in [6.07, 6.45) is 5.25. The van der Waals surface area contributed by atoms with Crippen LogP contribution >= 0.6 is 0 Å². The Labute approximate surface area is 162 Å². The molecule has 2 heterocycles. The number of nitrogens with zero attached hydrogens (tertiary/aromatic N) is 2. The molecule has 0 bridgehead atoms. The lowest BCUT2D eigenvalue weighted by atomic mass is 10.1. The third-order valence-electron chi connectivity index (χ3n) is 4.85. The van der Waals surface area contributed by atoms with Gasteiger partial charge in [-0.3, -0.25) is 14.7 Å². The summed E-state index contributed by atoms with van der Waals surface area (Å²) in [6, 6.07) is 9.39. The minimum absolute atomic E-state index is 0.0925. The molecule has 142 valence electrons. The summed E-state index contributed by atoms with van der Waals surface area (Å²) in [4.78, 5) is 26.5. The maximum Gasteiger partial charge on any atom is 0.251 e. The van der Waals surface area contributed by atoms with Crippen LogP contribution in [0.25, 0.3) is 17.2 Å². The van der Waals surface area contributed by atoms with E-state index in [1.165, 1.54) is 6.92 Å². The molecule has 28 heavy (non-hydrogen) atoms. The molecule has 0 saturated heterocycles. The molecule has 0 atom stereocenters. The van der Waals surface area contributed by atoms with Gasteiger partial charge < -0.3 is 15.0 Å². The number of benzene rings is 1. The Hall–Kier alpha value is -3.61. The third kappa shape index (κ3) is 3.22. The van der Waals surface area contributed by atoms with Gasteiger partial charge >= 0.3 is 0 Å². The van der Waals surface area contributed by atoms with Crippen LogP contribution in [0.1, 0.15) is 34.1 Å². The first-order valence-electron chi connectivity index (χ1n) is 8.92. The zero-order valence-electron chi connectivity index (χ0n) is 15.7. The fourth-order valence-corrected chi connectivity index (χ4v) is 3.41. The first-order chi connectivity index (χ1) is 13.6. The molecule has 3 aliphatic rings. The van der Waals surface area contributed by atoms with Crippen LogP contribution < -0.4 is 10.1 Å². The van der Waals surface area contributed by atoms with Gasteiger partial charge in [0.2, 0.25) is 5.91 Å². The van der Waals surface area contributed by atoms with Gasteiger partial charge in [-0.2, -0.15) is 5.10 Å². The van der Waals surface area contributed by atoms with Crippen molar-refractivity contribution in [2.75, 3.05) is 7.11 Å². The zero-order chi connectivity index (χ0) is 19.7. The van der Waals surface area contributed by atoms with Crippen molar-refractivity contribution < 1.29 is 14.3 Å². The van der Waals surface area contributed by atoms with E-state index in [1.54, 1.807) is 30.5 Å². The van der Waals surface area contributed by atoms with E-state index in [9.17, 15) is 9.59 Å². The number of nitrogens with one attached hydrogen (secondary N) is 2. The van der Waals surface area contributed by atoms with Crippen LogP contribution in [-0.2, 0) is 17.9 Å². The average Bonchev–Trinajstić information content (AvgIpc) is 2.95. The molecule has 7 nitrogen and oxygen atoms in total. The Bertz CT molecular complexity index is 1050. The number of aromatic amines is 1. The summed E-state index contributed by atoms with van der Waals surface area (Å²) in [5.41, 5.74) is 4.79. The minimum atomic E-state index is -0.189. The highest BCUT2D eigenvalue weighted by Crippen LogP contribution is 2.36. The highest BCUT2D eigenvalue weighted by Gasteiger charge is 2.27. The summed E-state index contributed by atoms with van der Waals surface area (Å²) < 4.78 is 5.22. The van der Waals surface area contributed by atoms with Gasteiger partial charge in [0, 0.05) is 42.6 Å². The van der Waals surface area contributed by atoms with Gasteiger partial charge in [0.25, 0.3) is 5.91 Å². The number of rotatable bonds is 4. The lowest BCUT2D eigenvalue weighted by molar-refractivity contribution is -0.126.